The van der Waals surface area contributed by atoms with E-state index in [-0.39, 0.29) is 19.8 Å². The van der Waals surface area contributed by atoms with Crippen molar-refractivity contribution in [2.75, 3.05) is 6.54 Å². The second-order valence-corrected chi connectivity index (χ2v) is 7.31. The van der Waals surface area contributed by atoms with Crippen LogP contribution in [0.15, 0.2) is 48.7 Å². The SMILES string of the molecule is O=C(NC(CNC(=O)c1cc2nccc(CO)c2s1)C(=O)O)OCc1ccccc1. The number of nitrogens with zero attached hydrogens (tertiary/aromatic N) is 1. The molecule has 10 heteroatoms. The Bertz CT molecular complexity index is 1050. The molecule has 0 saturated heterocycles. The van der Waals surface area contributed by atoms with Crippen LogP contribution in [0.5, 0.6) is 0 Å². The molecule has 0 fully saturated rings. The zero-order chi connectivity index (χ0) is 21.5. The Labute approximate surface area is 175 Å². The molecule has 1 atom stereocenters. The minimum atomic E-state index is -1.36. The zero-order valence-electron chi connectivity index (χ0n) is 15.7. The quantitative estimate of drug-likeness (QED) is 0.429. The molecule has 30 heavy (non-hydrogen) atoms. The number of aliphatic hydroxyl groups is 1. The molecule has 0 radical (unpaired) electrons. The second-order valence-electron chi connectivity index (χ2n) is 6.26. The topological polar surface area (TPSA) is 138 Å². The normalized spacial score (nSPS) is 11.6. The summed E-state index contributed by atoms with van der Waals surface area (Å²) < 4.78 is 5.69. The minimum Gasteiger partial charge on any atom is -0.480 e. The summed E-state index contributed by atoms with van der Waals surface area (Å²) in [5.74, 6) is -1.82. The number of thiophene rings is 1. The van der Waals surface area contributed by atoms with Gasteiger partial charge in [-0.25, -0.2) is 9.59 Å². The molecule has 0 aliphatic rings. The van der Waals surface area contributed by atoms with Gasteiger partial charge in [0.15, 0.2) is 0 Å². The maximum Gasteiger partial charge on any atom is 0.408 e. The van der Waals surface area contributed by atoms with Gasteiger partial charge in [-0.3, -0.25) is 9.78 Å². The molecule has 0 spiro atoms. The lowest BCUT2D eigenvalue weighted by Gasteiger charge is -2.15. The molecule has 0 saturated carbocycles. The van der Waals surface area contributed by atoms with E-state index in [9.17, 15) is 24.6 Å². The number of carbonyl (C=O) groups excluding carboxylic acids is 2. The van der Waals surface area contributed by atoms with Gasteiger partial charge in [0.25, 0.3) is 5.91 Å². The standard InChI is InChI=1S/C20H19N3O6S/c24-10-13-6-7-21-14-8-16(30-17(13)14)18(25)22-9-15(19(26)27)23-20(28)29-11-12-4-2-1-3-5-12/h1-8,15,24H,9-11H2,(H,22,25)(H,23,28)(H,26,27). The molecular formula is C20H19N3O6S. The fourth-order valence-corrected chi connectivity index (χ4v) is 3.65. The number of carboxylic acids is 1. The first kappa shape index (κ1) is 21.2. The van der Waals surface area contributed by atoms with Gasteiger partial charge in [0.2, 0.25) is 0 Å². The van der Waals surface area contributed by atoms with E-state index >= 15 is 0 Å². The Morgan fingerprint density at radius 2 is 1.93 bits per heavy atom. The first-order valence-electron chi connectivity index (χ1n) is 8.94. The first-order valence-corrected chi connectivity index (χ1v) is 9.76. The number of amides is 2. The number of fused-ring (bicyclic) bond motifs is 1. The smallest absolute Gasteiger partial charge is 0.408 e. The number of pyridine rings is 1. The van der Waals surface area contributed by atoms with E-state index in [2.05, 4.69) is 15.6 Å². The average molecular weight is 429 g/mol. The predicted molar refractivity (Wildman–Crippen MR) is 109 cm³/mol. The molecule has 3 rings (SSSR count). The summed E-state index contributed by atoms with van der Waals surface area (Å²) in [6, 6.07) is 10.8. The van der Waals surface area contributed by atoms with Crippen molar-refractivity contribution in [1.29, 1.82) is 0 Å². The Morgan fingerprint density at radius 1 is 1.17 bits per heavy atom. The molecule has 156 valence electrons. The largest absolute Gasteiger partial charge is 0.480 e. The number of carbonyl (C=O) groups is 3. The Hall–Kier alpha value is -3.50. The lowest BCUT2D eigenvalue weighted by atomic mass is 10.2. The van der Waals surface area contributed by atoms with E-state index in [0.29, 0.717) is 20.7 Å². The number of hydrogen-bond acceptors (Lipinski definition) is 7. The summed E-state index contributed by atoms with van der Waals surface area (Å²) in [5.41, 5.74) is 1.97. The number of ether oxygens (including phenoxy) is 1. The van der Waals surface area contributed by atoms with Crippen molar-refractivity contribution in [3.8, 4) is 0 Å². The van der Waals surface area contributed by atoms with E-state index in [1.807, 2.05) is 6.07 Å². The van der Waals surface area contributed by atoms with Crippen LogP contribution in [-0.4, -0.2) is 45.8 Å². The Morgan fingerprint density at radius 3 is 2.63 bits per heavy atom. The van der Waals surface area contributed by atoms with E-state index in [0.717, 1.165) is 16.9 Å². The van der Waals surface area contributed by atoms with Crippen molar-refractivity contribution < 1.29 is 29.3 Å². The molecule has 0 bridgehead atoms. The fraction of sp³-hybridized carbons (Fsp3) is 0.200. The lowest BCUT2D eigenvalue weighted by Crippen LogP contribution is -2.48. The number of rotatable bonds is 8. The maximum absolute atomic E-state index is 12.4. The maximum atomic E-state index is 12.4. The van der Waals surface area contributed by atoms with Crippen LogP contribution in [-0.2, 0) is 22.7 Å². The van der Waals surface area contributed by atoms with Crippen LogP contribution in [0.3, 0.4) is 0 Å². The predicted octanol–water partition coefficient (Wildman–Crippen LogP) is 1.90. The number of hydrogen-bond donors (Lipinski definition) is 4. The molecule has 2 aromatic heterocycles. The molecular weight excluding hydrogens is 410 g/mol. The fourth-order valence-electron chi connectivity index (χ4n) is 2.62. The highest BCUT2D eigenvalue weighted by Gasteiger charge is 2.22. The molecule has 2 heterocycles. The number of benzene rings is 1. The molecule has 3 aromatic rings. The molecule has 9 nitrogen and oxygen atoms in total. The van der Waals surface area contributed by atoms with Gasteiger partial charge in [0.05, 0.1) is 21.7 Å². The number of aliphatic hydroxyl groups excluding tert-OH is 1. The molecule has 2 amide bonds. The monoisotopic (exact) mass is 429 g/mol. The Kier molecular flexibility index (Phi) is 6.94. The van der Waals surface area contributed by atoms with Crippen molar-refractivity contribution in [2.24, 2.45) is 0 Å². The van der Waals surface area contributed by atoms with Crippen LogP contribution < -0.4 is 10.6 Å². The van der Waals surface area contributed by atoms with Gasteiger partial charge in [0.1, 0.15) is 12.6 Å². The molecule has 4 N–H and O–H groups in total. The highest BCUT2D eigenvalue weighted by molar-refractivity contribution is 7.21. The van der Waals surface area contributed by atoms with E-state index < -0.39 is 24.0 Å². The van der Waals surface area contributed by atoms with E-state index in [4.69, 9.17) is 4.74 Å². The molecule has 0 aliphatic carbocycles. The number of carboxylic acid groups (broad SMARTS) is 1. The van der Waals surface area contributed by atoms with Gasteiger partial charge in [-0.1, -0.05) is 30.3 Å². The van der Waals surface area contributed by atoms with E-state index in [1.165, 1.54) is 6.20 Å². The molecule has 0 aliphatic heterocycles. The van der Waals surface area contributed by atoms with Crippen molar-refractivity contribution in [1.82, 2.24) is 15.6 Å². The summed E-state index contributed by atoms with van der Waals surface area (Å²) in [4.78, 5) is 40.2. The summed E-state index contributed by atoms with van der Waals surface area (Å²) in [6.45, 7) is -0.521. The second kappa shape index (κ2) is 9.81. The van der Waals surface area contributed by atoms with Crippen LogP contribution in [0.1, 0.15) is 20.8 Å². The zero-order valence-corrected chi connectivity index (χ0v) is 16.5. The third-order valence-corrected chi connectivity index (χ3v) is 5.36. The lowest BCUT2D eigenvalue weighted by molar-refractivity contribution is -0.139. The van der Waals surface area contributed by atoms with Gasteiger partial charge in [-0.2, -0.15) is 0 Å². The van der Waals surface area contributed by atoms with Gasteiger partial charge in [-0.05, 0) is 23.3 Å². The molecule has 1 unspecified atom stereocenters. The number of aliphatic carboxylic acids is 1. The van der Waals surface area contributed by atoms with Gasteiger partial charge >= 0.3 is 12.1 Å². The summed E-state index contributed by atoms with van der Waals surface area (Å²) in [7, 11) is 0. The van der Waals surface area contributed by atoms with Gasteiger partial charge in [-0.15, -0.1) is 11.3 Å². The van der Waals surface area contributed by atoms with Crippen LogP contribution in [0, 0.1) is 0 Å². The van der Waals surface area contributed by atoms with Crippen LogP contribution in [0.25, 0.3) is 10.2 Å². The highest BCUT2D eigenvalue weighted by Crippen LogP contribution is 2.27. The average Bonchev–Trinajstić information content (AvgIpc) is 3.20. The summed E-state index contributed by atoms with van der Waals surface area (Å²) in [5, 5.41) is 23.4. The van der Waals surface area contributed by atoms with Crippen molar-refractivity contribution >= 4 is 39.5 Å². The minimum absolute atomic E-state index is 0.00660. The van der Waals surface area contributed by atoms with Crippen molar-refractivity contribution in [3.63, 3.8) is 0 Å². The molecule has 1 aromatic carbocycles. The number of aromatic nitrogens is 1. The highest BCUT2D eigenvalue weighted by atomic mass is 32.1. The van der Waals surface area contributed by atoms with Crippen LogP contribution >= 0.6 is 11.3 Å². The van der Waals surface area contributed by atoms with Gasteiger partial charge in [0, 0.05) is 12.7 Å². The van der Waals surface area contributed by atoms with Crippen LogP contribution in [0.4, 0.5) is 4.79 Å². The first-order chi connectivity index (χ1) is 14.5. The number of nitrogens with one attached hydrogen (secondary N) is 2. The van der Waals surface area contributed by atoms with Gasteiger partial charge < -0.3 is 25.6 Å². The summed E-state index contributed by atoms with van der Waals surface area (Å²) in [6.07, 6.45) is 0.632. The Balaban J connectivity index is 1.57. The number of alkyl carbamates (subject to hydrolysis) is 1. The van der Waals surface area contributed by atoms with Crippen molar-refractivity contribution in [2.45, 2.75) is 19.3 Å². The van der Waals surface area contributed by atoms with Crippen LogP contribution in [0.2, 0.25) is 0 Å². The summed E-state index contributed by atoms with van der Waals surface area (Å²) >= 11 is 1.14. The van der Waals surface area contributed by atoms with E-state index in [1.54, 1.807) is 36.4 Å². The van der Waals surface area contributed by atoms with Crippen molar-refractivity contribution in [3.05, 3.63) is 64.7 Å². The third-order valence-electron chi connectivity index (χ3n) is 4.16. The third kappa shape index (κ3) is 5.31.